The average Bonchev–Trinajstić information content (AvgIpc) is 2.56. The van der Waals surface area contributed by atoms with E-state index in [1.807, 2.05) is 31.2 Å². The number of carbonyl (C=O) groups is 1. The molecule has 1 aliphatic heterocycles. The predicted molar refractivity (Wildman–Crippen MR) is 101 cm³/mol. The van der Waals surface area contributed by atoms with E-state index in [1.165, 1.54) is 4.31 Å². The van der Waals surface area contributed by atoms with E-state index in [4.69, 9.17) is 0 Å². The van der Waals surface area contributed by atoms with Crippen molar-refractivity contribution in [3.8, 4) is 0 Å². The summed E-state index contributed by atoms with van der Waals surface area (Å²) in [5.74, 6) is 0.590. The molecule has 1 aliphatic rings. The van der Waals surface area contributed by atoms with Gasteiger partial charge in [0.05, 0.1) is 5.75 Å². The number of nitrogens with zero attached hydrogens (tertiary/aromatic N) is 1. The zero-order chi connectivity index (χ0) is 18.4. The van der Waals surface area contributed by atoms with Crippen LogP contribution in [0, 0.1) is 18.8 Å². The van der Waals surface area contributed by atoms with Crippen LogP contribution in [-0.2, 0) is 20.6 Å². The fourth-order valence-corrected chi connectivity index (χ4v) is 4.75. The molecule has 0 aromatic heterocycles. The number of sulfonamides is 1. The molecule has 0 unspecified atom stereocenters. The summed E-state index contributed by atoms with van der Waals surface area (Å²) in [5.41, 5.74) is 1.83. The summed E-state index contributed by atoms with van der Waals surface area (Å²) in [5, 5.41) is 2.98. The lowest BCUT2D eigenvalue weighted by Gasteiger charge is -2.30. The molecule has 140 valence electrons. The van der Waals surface area contributed by atoms with Crippen LogP contribution in [0.4, 0.5) is 0 Å². The van der Waals surface area contributed by atoms with Crippen molar-refractivity contribution in [1.82, 2.24) is 9.62 Å². The lowest BCUT2D eigenvalue weighted by Crippen LogP contribution is -2.43. The van der Waals surface area contributed by atoms with E-state index in [0.717, 1.165) is 17.5 Å². The highest BCUT2D eigenvalue weighted by molar-refractivity contribution is 7.88. The Hall–Kier alpha value is -1.40. The first-order chi connectivity index (χ1) is 11.8. The molecule has 1 saturated heterocycles. The van der Waals surface area contributed by atoms with Gasteiger partial charge in [0.15, 0.2) is 0 Å². The van der Waals surface area contributed by atoms with E-state index in [1.54, 1.807) is 0 Å². The van der Waals surface area contributed by atoms with Gasteiger partial charge in [-0.15, -0.1) is 0 Å². The summed E-state index contributed by atoms with van der Waals surface area (Å²) >= 11 is 0. The quantitative estimate of drug-likeness (QED) is 0.807. The zero-order valence-corrected chi connectivity index (χ0v) is 16.3. The monoisotopic (exact) mass is 366 g/mol. The number of piperidine rings is 1. The molecule has 1 aromatic carbocycles. The Morgan fingerprint density at radius 3 is 2.48 bits per heavy atom. The minimum Gasteiger partial charge on any atom is -0.356 e. The highest BCUT2D eigenvalue weighted by Crippen LogP contribution is 2.22. The van der Waals surface area contributed by atoms with Crippen molar-refractivity contribution in [2.45, 2.75) is 45.8 Å². The van der Waals surface area contributed by atoms with Crippen LogP contribution in [0.25, 0.3) is 0 Å². The first kappa shape index (κ1) is 19.9. The van der Waals surface area contributed by atoms with E-state index < -0.39 is 10.0 Å². The van der Waals surface area contributed by atoms with Crippen LogP contribution in [0.2, 0.25) is 0 Å². The normalized spacial score (nSPS) is 17.0. The maximum absolute atomic E-state index is 12.7. The highest BCUT2D eigenvalue weighted by atomic mass is 32.2. The fraction of sp³-hybridized carbons (Fsp3) is 0.632. The Kier molecular flexibility index (Phi) is 7.02. The number of amides is 1. The van der Waals surface area contributed by atoms with Crippen molar-refractivity contribution in [3.63, 3.8) is 0 Å². The summed E-state index contributed by atoms with van der Waals surface area (Å²) in [6.45, 7) is 7.74. The SMILES string of the molecule is Cc1ccccc1CS(=O)(=O)N1CCC(C(=O)NCCC(C)C)CC1. The molecule has 6 heteroatoms. The molecule has 0 saturated carbocycles. The van der Waals surface area contributed by atoms with Gasteiger partial charge in [-0.05, 0) is 43.2 Å². The van der Waals surface area contributed by atoms with Crippen LogP contribution in [0.5, 0.6) is 0 Å². The minimum atomic E-state index is -3.33. The zero-order valence-electron chi connectivity index (χ0n) is 15.5. The van der Waals surface area contributed by atoms with Crippen molar-refractivity contribution in [2.24, 2.45) is 11.8 Å². The number of carbonyl (C=O) groups excluding carboxylic acids is 1. The number of nitrogens with one attached hydrogen (secondary N) is 1. The summed E-state index contributed by atoms with van der Waals surface area (Å²) in [6, 6.07) is 7.57. The van der Waals surface area contributed by atoms with Gasteiger partial charge >= 0.3 is 0 Å². The maximum atomic E-state index is 12.7. The first-order valence-corrected chi connectivity index (χ1v) is 10.7. The van der Waals surface area contributed by atoms with Gasteiger partial charge in [-0.25, -0.2) is 12.7 Å². The molecule has 1 heterocycles. The Morgan fingerprint density at radius 1 is 1.24 bits per heavy atom. The summed E-state index contributed by atoms with van der Waals surface area (Å²) in [4.78, 5) is 12.2. The van der Waals surface area contributed by atoms with Crippen molar-refractivity contribution >= 4 is 15.9 Å². The van der Waals surface area contributed by atoms with E-state index in [-0.39, 0.29) is 17.6 Å². The fourth-order valence-electron chi connectivity index (χ4n) is 3.08. The van der Waals surface area contributed by atoms with Gasteiger partial charge in [-0.2, -0.15) is 0 Å². The second-order valence-corrected chi connectivity index (χ2v) is 9.30. The van der Waals surface area contributed by atoms with E-state index in [0.29, 0.717) is 38.4 Å². The number of rotatable bonds is 7. The molecular weight excluding hydrogens is 336 g/mol. The second kappa shape index (κ2) is 8.81. The second-order valence-electron chi connectivity index (χ2n) is 7.33. The topological polar surface area (TPSA) is 66.5 Å². The van der Waals surface area contributed by atoms with Gasteiger partial charge in [0, 0.05) is 25.6 Å². The molecule has 1 fully saturated rings. The molecule has 0 spiro atoms. The third-order valence-electron chi connectivity index (χ3n) is 4.84. The summed E-state index contributed by atoms with van der Waals surface area (Å²) in [7, 11) is -3.33. The predicted octanol–water partition coefficient (Wildman–Crippen LogP) is 2.70. The van der Waals surface area contributed by atoms with Crippen LogP contribution in [0.3, 0.4) is 0 Å². The third kappa shape index (κ3) is 5.82. The molecule has 1 amide bonds. The summed E-state index contributed by atoms with van der Waals surface area (Å²) < 4.78 is 26.9. The van der Waals surface area contributed by atoms with E-state index in [2.05, 4.69) is 19.2 Å². The number of hydrogen-bond donors (Lipinski definition) is 1. The van der Waals surface area contributed by atoms with Crippen LogP contribution < -0.4 is 5.32 Å². The first-order valence-electron chi connectivity index (χ1n) is 9.09. The Morgan fingerprint density at radius 2 is 1.88 bits per heavy atom. The van der Waals surface area contributed by atoms with Gasteiger partial charge in [-0.1, -0.05) is 38.1 Å². The lowest BCUT2D eigenvalue weighted by molar-refractivity contribution is -0.126. The van der Waals surface area contributed by atoms with E-state index >= 15 is 0 Å². The van der Waals surface area contributed by atoms with Gasteiger partial charge in [0.1, 0.15) is 0 Å². The van der Waals surface area contributed by atoms with Gasteiger partial charge in [0.2, 0.25) is 15.9 Å². The molecular formula is C19H30N2O3S. The van der Waals surface area contributed by atoms with Gasteiger partial charge < -0.3 is 5.32 Å². The Balaban J connectivity index is 1.86. The van der Waals surface area contributed by atoms with Crippen molar-refractivity contribution in [1.29, 1.82) is 0 Å². The van der Waals surface area contributed by atoms with Crippen LogP contribution in [-0.4, -0.2) is 38.3 Å². The largest absolute Gasteiger partial charge is 0.356 e. The van der Waals surface area contributed by atoms with Crippen LogP contribution in [0.1, 0.15) is 44.2 Å². The molecule has 2 rings (SSSR count). The van der Waals surface area contributed by atoms with E-state index in [9.17, 15) is 13.2 Å². The van der Waals surface area contributed by atoms with Gasteiger partial charge in [0.25, 0.3) is 0 Å². The minimum absolute atomic E-state index is 0.0327. The lowest BCUT2D eigenvalue weighted by atomic mass is 9.97. The number of aryl methyl sites for hydroxylation is 1. The van der Waals surface area contributed by atoms with Crippen LogP contribution >= 0.6 is 0 Å². The molecule has 5 nitrogen and oxygen atoms in total. The summed E-state index contributed by atoms with van der Waals surface area (Å²) in [6.07, 6.45) is 2.16. The highest BCUT2D eigenvalue weighted by Gasteiger charge is 2.31. The van der Waals surface area contributed by atoms with Crippen molar-refractivity contribution in [3.05, 3.63) is 35.4 Å². The standard InChI is InChI=1S/C19H30N2O3S/c1-15(2)8-11-20-19(22)17-9-12-21(13-10-17)25(23,24)14-18-7-5-4-6-16(18)3/h4-7,15,17H,8-14H2,1-3H3,(H,20,22). The molecule has 0 bridgehead atoms. The molecule has 25 heavy (non-hydrogen) atoms. The van der Waals surface area contributed by atoms with Crippen molar-refractivity contribution < 1.29 is 13.2 Å². The average molecular weight is 367 g/mol. The maximum Gasteiger partial charge on any atom is 0.223 e. The molecule has 0 atom stereocenters. The van der Waals surface area contributed by atoms with Crippen LogP contribution in [0.15, 0.2) is 24.3 Å². The molecule has 1 aromatic rings. The smallest absolute Gasteiger partial charge is 0.223 e. The third-order valence-corrected chi connectivity index (χ3v) is 6.67. The molecule has 0 radical (unpaired) electrons. The Bertz CT molecular complexity index is 678. The number of hydrogen-bond acceptors (Lipinski definition) is 3. The number of benzene rings is 1. The van der Waals surface area contributed by atoms with Crippen molar-refractivity contribution in [2.75, 3.05) is 19.6 Å². The Labute approximate surface area is 151 Å². The molecule has 0 aliphatic carbocycles. The van der Waals surface area contributed by atoms with Gasteiger partial charge in [-0.3, -0.25) is 4.79 Å². The molecule has 1 N–H and O–H groups in total.